The molecule has 2 unspecified atom stereocenters. The zero-order valence-electron chi connectivity index (χ0n) is 29.8. The van der Waals surface area contributed by atoms with Crippen molar-refractivity contribution in [2.45, 2.75) is 88.3 Å². The maximum Gasteiger partial charge on any atom is 0.330 e. The molecule has 1 aliphatic carbocycles. The van der Waals surface area contributed by atoms with Gasteiger partial charge in [0, 0.05) is 60.8 Å². The molecule has 1 aromatic heterocycles. The molecule has 274 valence electrons. The van der Waals surface area contributed by atoms with E-state index < -0.39 is 35.5 Å². The molecule has 7 rings (SSSR count). The van der Waals surface area contributed by atoms with Crippen molar-refractivity contribution in [3.8, 4) is 22.8 Å². The van der Waals surface area contributed by atoms with E-state index in [4.69, 9.17) is 14.5 Å². The Morgan fingerprint density at radius 1 is 1.00 bits per heavy atom. The lowest BCUT2D eigenvalue weighted by atomic mass is 9.94. The summed E-state index contributed by atoms with van der Waals surface area (Å²) in [6.07, 6.45) is 10.8. The Kier molecular flexibility index (Phi) is 10.5. The number of rotatable bonds is 7. The predicted molar refractivity (Wildman–Crippen MR) is 196 cm³/mol. The number of ether oxygens (including phenoxy) is 2. The van der Waals surface area contributed by atoms with Crippen molar-refractivity contribution in [2.24, 2.45) is 11.8 Å². The van der Waals surface area contributed by atoms with Crippen LogP contribution in [0.5, 0.6) is 11.5 Å². The van der Waals surface area contributed by atoms with Crippen molar-refractivity contribution in [1.82, 2.24) is 20.1 Å². The molecule has 0 bridgehead atoms. The summed E-state index contributed by atoms with van der Waals surface area (Å²) < 4.78 is 12.3. The molecule has 2 N–H and O–H groups in total. The van der Waals surface area contributed by atoms with Gasteiger partial charge < -0.3 is 29.7 Å². The van der Waals surface area contributed by atoms with Crippen molar-refractivity contribution in [2.75, 3.05) is 26.7 Å². The number of aromatic nitrogens is 1. The highest BCUT2D eigenvalue weighted by molar-refractivity contribution is 5.96. The van der Waals surface area contributed by atoms with Crippen LogP contribution in [0.1, 0.15) is 70.6 Å². The van der Waals surface area contributed by atoms with Gasteiger partial charge in [-0.05, 0) is 57.1 Å². The monoisotopic (exact) mass is 708 g/mol. The summed E-state index contributed by atoms with van der Waals surface area (Å²) in [5, 5.41) is 13.8. The number of carboxylic acids is 1. The van der Waals surface area contributed by atoms with Crippen molar-refractivity contribution >= 4 is 34.6 Å². The van der Waals surface area contributed by atoms with Crippen LogP contribution in [0.4, 0.5) is 0 Å². The molecule has 2 saturated heterocycles. The largest absolute Gasteiger partial charge is 0.497 e. The molecule has 4 heterocycles. The third-order valence-corrected chi connectivity index (χ3v) is 11.2. The van der Waals surface area contributed by atoms with Crippen molar-refractivity contribution in [1.29, 1.82) is 0 Å². The van der Waals surface area contributed by atoms with E-state index in [1.54, 1.807) is 18.1 Å². The minimum absolute atomic E-state index is 0.0252. The number of piperidine rings is 1. The number of nitrogens with zero attached hydrogens (tertiary/aromatic N) is 3. The van der Waals surface area contributed by atoms with Gasteiger partial charge in [-0.3, -0.25) is 14.4 Å². The van der Waals surface area contributed by atoms with Gasteiger partial charge in [0.1, 0.15) is 29.2 Å². The molecule has 52 heavy (non-hydrogen) atoms. The molecule has 11 heteroatoms. The van der Waals surface area contributed by atoms with E-state index in [2.05, 4.69) is 5.32 Å². The average Bonchev–Trinajstić information content (AvgIpc) is 3.70. The first-order valence-corrected chi connectivity index (χ1v) is 18.8. The molecule has 2 aromatic carbocycles. The van der Waals surface area contributed by atoms with E-state index in [1.165, 1.54) is 0 Å². The van der Waals surface area contributed by atoms with Gasteiger partial charge in [0.15, 0.2) is 0 Å². The number of fused-ring (bicyclic) bond motifs is 3. The number of carbonyl (C=O) groups is 4. The summed E-state index contributed by atoms with van der Waals surface area (Å²) in [5.74, 6) is -1.74. The second-order valence-electron chi connectivity index (χ2n) is 14.7. The van der Waals surface area contributed by atoms with E-state index in [0.717, 1.165) is 61.6 Å². The fourth-order valence-electron chi connectivity index (χ4n) is 8.10. The topological polar surface area (TPSA) is 138 Å². The Hall–Kier alpha value is -4.93. The van der Waals surface area contributed by atoms with Crippen molar-refractivity contribution in [3.63, 3.8) is 0 Å². The van der Waals surface area contributed by atoms with E-state index in [1.807, 2.05) is 65.6 Å². The quantitative estimate of drug-likeness (QED) is 0.296. The van der Waals surface area contributed by atoms with E-state index in [0.29, 0.717) is 42.9 Å². The molecule has 1 saturated carbocycles. The normalized spacial score (nSPS) is 26.8. The lowest BCUT2D eigenvalue weighted by Crippen LogP contribution is -2.54. The number of benzene rings is 2. The van der Waals surface area contributed by atoms with Crippen LogP contribution < -0.4 is 14.8 Å². The maximum atomic E-state index is 14.6. The number of methoxy groups -OCH3 is 1. The lowest BCUT2D eigenvalue weighted by molar-refractivity contribution is -0.147. The molecular formula is C41H48N4O7. The minimum atomic E-state index is -1.41. The highest BCUT2D eigenvalue weighted by atomic mass is 16.5. The second kappa shape index (κ2) is 15.4. The first kappa shape index (κ1) is 35.5. The number of amides is 3. The highest BCUT2D eigenvalue weighted by Crippen LogP contribution is 2.45. The van der Waals surface area contributed by atoms with Gasteiger partial charge in [-0.2, -0.15) is 0 Å². The molecule has 0 spiro atoms. The zero-order valence-corrected chi connectivity index (χ0v) is 29.8. The van der Waals surface area contributed by atoms with Gasteiger partial charge in [-0.1, -0.05) is 55.3 Å². The third kappa shape index (κ3) is 7.49. The molecular weight excluding hydrogens is 660 g/mol. The van der Waals surface area contributed by atoms with Gasteiger partial charge in [-0.25, -0.2) is 9.78 Å². The maximum absolute atomic E-state index is 14.6. The summed E-state index contributed by atoms with van der Waals surface area (Å²) in [4.78, 5) is 63.1. The van der Waals surface area contributed by atoms with Crippen molar-refractivity contribution in [3.05, 3.63) is 66.7 Å². The molecule has 3 fully saturated rings. The van der Waals surface area contributed by atoms with Crippen LogP contribution in [0.3, 0.4) is 0 Å². The van der Waals surface area contributed by atoms with Crippen LogP contribution in [0.25, 0.3) is 22.2 Å². The number of allylic oxidation sites excluding steroid dienone is 1. The Bertz CT molecular complexity index is 1840. The number of hydrogen-bond acceptors (Lipinski definition) is 7. The summed E-state index contributed by atoms with van der Waals surface area (Å²) in [6.45, 7) is 1.51. The number of aliphatic carboxylic acids is 1. The fraction of sp³-hybridized carbons (Fsp3) is 0.488. The molecule has 5 atom stereocenters. The van der Waals surface area contributed by atoms with Crippen LogP contribution in [-0.2, 0) is 19.2 Å². The van der Waals surface area contributed by atoms with Crippen molar-refractivity contribution < 1.29 is 33.8 Å². The molecule has 11 nitrogen and oxygen atoms in total. The Labute approximate surface area is 304 Å². The first-order chi connectivity index (χ1) is 25.3. The Balaban J connectivity index is 1.19. The lowest BCUT2D eigenvalue weighted by Gasteiger charge is -2.31. The van der Waals surface area contributed by atoms with E-state index in [9.17, 15) is 24.3 Å². The summed E-state index contributed by atoms with van der Waals surface area (Å²) in [7, 11) is 1.57. The van der Waals surface area contributed by atoms with E-state index in [-0.39, 0.29) is 37.1 Å². The van der Waals surface area contributed by atoms with Crippen LogP contribution in [0, 0.1) is 11.8 Å². The number of carboxylic acid groups (broad SMARTS) is 1. The van der Waals surface area contributed by atoms with Crippen LogP contribution in [0.2, 0.25) is 0 Å². The van der Waals surface area contributed by atoms with Crippen LogP contribution in [0.15, 0.2) is 66.7 Å². The Morgan fingerprint density at radius 2 is 1.79 bits per heavy atom. The molecule has 0 radical (unpaired) electrons. The number of nitrogens with one attached hydrogen (secondary N) is 1. The molecule has 3 amide bonds. The molecule has 4 aliphatic rings. The average molecular weight is 709 g/mol. The predicted octanol–water partition coefficient (Wildman–Crippen LogP) is 5.76. The van der Waals surface area contributed by atoms with Crippen LogP contribution in [-0.4, -0.2) is 88.0 Å². The summed E-state index contributed by atoms with van der Waals surface area (Å²) in [6, 6.07) is 16.4. The van der Waals surface area contributed by atoms with Gasteiger partial charge in [0.2, 0.25) is 17.7 Å². The SMILES string of the molecule is COc1cc(O[C@@H]2C[C@H]3C(=O)NC4(C(=O)O)CC4C=CCCCCC[C@@H](CC(=O)N4CCCCC4)C(=O)N3C2)c2ccc(-c3ccccc3)nc2c1. The molecule has 3 aromatic rings. The summed E-state index contributed by atoms with van der Waals surface area (Å²) >= 11 is 0. The van der Waals surface area contributed by atoms with Gasteiger partial charge in [0.05, 0.1) is 24.9 Å². The highest BCUT2D eigenvalue weighted by Gasteiger charge is 2.61. The minimum Gasteiger partial charge on any atom is -0.497 e. The van der Waals surface area contributed by atoms with E-state index >= 15 is 0 Å². The fourth-order valence-corrected chi connectivity index (χ4v) is 8.10. The number of likely N-dealkylation sites (tertiary alicyclic amines) is 1. The van der Waals surface area contributed by atoms with Gasteiger partial charge in [-0.15, -0.1) is 0 Å². The molecule has 3 aliphatic heterocycles. The zero-order chi connectivity index (χ0) is 36.2. The van der Waals surface area contributed by atoms with Gasteiger partial charge >= 0.3 is 5.97 Å². The summed E-state index contributed by atoms with van der Waals surface area (Å²) in [5.41, 5.74) is 1.04. The van der Waals surface area contributed by atoms with Gasteiger partial charge in [0.25, 0.3) is 0 Å². The second-order valence-corrected chi connectivity index (χ2v) is 14.7. The Morgan fingerprint density at radius 3 is 2.56 bits per heavy atom. The third-order valence-electron chi connectivity index (χ3n) is 11.2. The number of pyridine rings is 1. The first-order valence-electron chi connectivity index (χ1n) is 18.8. The number of carbonyl (C=O) groups excluding carboxylic acids is 3. The van der Waals surface area contributed by atoms with Crippen LogP contribution >= 0.6 is 0 Å². The number of hydrogen-bond donors (Lipinski definition) is 2. The standard InChI is InChI=1S/C41H48N4O7/c1-51-30-22-34-32(17-18-33(42-34)27-13-8-5-9-14-27)36(24-30)52-31-23-35-38(47)43-41(40(49)50)25-29(41)16-10-4-2-3-7-15-28(39(48)45(35)26-31)21-37(46)44-19-11-6-12-20-44/h5,8-10,13-14,16-18,22,24,28-29,31,35H,2-4,6-7,11-12,15,19-21,23,25-26H2,1H3,(H,43,47)(H,49,50)/t28-,29?,31+,35-,41?/m0/s1. The smallest absolute Gasteiger partial charge is 0.330 e.